The number of hydrogen-bond acceptors (Lipinski definition) is 3. The Morgan fingerprint density at radius 2 is 2.21 bits per heavy atom. The SMILES string of the molecule is CC1CCC(CCNCc2cn3ccsc3n2)CC1. The van der Waals surface area contributed by atoms with Crippen molar-refractivity contribution in [1.82, 2.24) is 14.7 Å². The Morgan fingerprint density at radius 1 is 1.37 bits per heavy atom. The molecule has 2 aromatic heterocycles. The first-order valence-electron chi connectivity index (χ1n) is 7.43. The second-order valence-corrected chi connectivity index (χ2v) is 6.79. The normalized spacial score (nSPS) is 24.1. The molecule has 2 aromatic rings. The number of aromatic nitrogens is 2. The highest BCUT2D eigenvalue weighted by Crippen LogP contribution is 2.29. The molecule has 104 valence electrons. The van der Waals surface area contributed by atoms with Crippen LogP contribution < -0.4 is 5.32 Å². The monoisotopic (exact) mass is 277 g/mol. The predicted octanol–water partition coefficient (Wildman–Crippen LogP) is 3.70. The third kappa shape index (κ3) is 3.37. The van der Waals surface area contributed by atoms with Crippen LogP contribution in [0.2, 0.25) is 0 Å². The van der Waals surface area contributed by atoms with Gasteiger partial charge in [0, 0.05) is 24.3 Å². The summed E-state index contributed by atoms with van der Waals surface area (Å²) in [5.41, 5.74) is 1.16. The molecule has 0 aliphatic heterocycles. The molecule has 0 saturated heterocycles. The maximum absolute atomic E-state index is 4.59. The van der Waals surface area contributed by atoms with Gasteiger partial charge in [0.15, 0.2) is 4.96 Å². The minimum Gasteiger partial charge on any atom is -0.311 e. The van der Waals surface area contributed by atoms with E-state index in [0.29, 0.717) is 0 Å². The van der Waals surface area contributed by atoms with Gasteiger partial charge in [0.2, 0.25) is 0 Å². The molecule has 19 heavy (non-hydrogen) atoms. The van der Waals surface area contributed by atoms with Crippen LogP contribution in [-0.2, 0) is 6.54 Å². The fourth-order valence-electron chi connectivity index (χ4n) is 3.00. The van der Waals surface area contributed by atoms with E-state index in [1.807, 2.05) is 0 Å². The lowest BCUT2D eigenvalue weighted by molar-refractivity contribution is 0.275. The lowest BCUT2D eigenvalue weighted by Gasteiger charge is -2.26. The Bertz CT molecular complexity index is 480. The van der Waals surface area contributed by atoms with E-state index in [4.69, 9.17) is 0 Å². The first kappa shape index (κ1) is 13.1. The highest BCUT2D eigenvalue weighted by Gasteiger charge is 2.17. The molecule has 0 aromatic carbocycles. The molecule has 0 amide bonds. The zero-order chi connectivity index (χ0) is 13.1. The number of imidazole rings is 1. The maximum Gasteiger partial charge on any atom is 0.193 e. The van der Waals surface area contributed by atoms with Crippen molar-refractivity contribution < 1.29 is 0 Å². The quantitative estimate of drug-likeness (QED) is 0.844. The third-order valence-corrected chi connectivity index (χ3v) is 5.08. The molecule has 1 aliphatic rings. The second-order valence-electron chi connectivity index (χ2n) is 5.92. The van der Waals surface area contributed by atoms with Gasteiger partial charge < -0.3 is 5.32 Å². The molecular weight excluding hydrogens is 254 g/mol. The van der Waals surface area contributed by atoms with Gasteiger partial charge in [-0.25, -0.2) is 4.98 Å². The molecule has 1 aliphatic carbocycles. The summed E-state index contributed by atoms with van der Waals surface area (Å²) in [5, 5.41) is 5.61. The van der Waals surface area contributed by atoms with Gasteiger partial charge in [-0.3, -0.25) is 4.40 Å². The lowest BCUT2D eigenvalue weighted by Crippen LogP contribution is -2.20. The molecule has 1 saturated carbocycles. The van der Waals surface area contributed by atoms with E-state index in [1.165, 1.54) is 32.1 Å². The van der Waals surface area contributed by atoms with E-state index in [2.05, 4.69) is 39.4 Å². The molecule has 0 unspecified atom stereocenters. The second kappa shape index (κ2) is 6.06. The summed E-state index contributed by atoms with van der Waals surface area (Å²) in [6, 6.07) is 0. The molecule has 1 fully saturated rings. The fourth-order valence-corrected chi connectivity index (χ4v) is 3.72. The molecule has 3 nitrogen and oxygen atoms in total. The van der Waals surface area contributed by atoms with Crippen LogP contribution in [0.5, 0.6) is 0 Å². The maximum atomic E-state index is 4.59. The standard InChI is InChI=1S/C15H23N3S/c1-12-2-4-13(5-3-12)6-7-16-10-14-11-18-8-9-19-15(18)17-14/h8-9,11-13,16H,2-7,10H2,1H3. The first-order chi connectivity index (χ1) is 9.31. The van der Waals surface area contributed by atoms with Crippen molar-refractivity contribution in [3.63, 3.8) is 0 Å². The van der Waals surface area contributed by atoms with E-state index < -0.39 is 0 Å². The van der Waals surface area contributed by atoms with Crippen molar-refractivity contribution in [3.05, 3.63) is 23.5 Å². The van der Waals surface area contributed by atoms with E-state index in [-0.39, 0.29) is 0 Å². The van der Waals surface area contributed by atoms with Gasteiger partial charge in [0.05, 0.1) is 5.69 Å². The highest BCUT2D eigenvalue weighted by molar-refractivity contribution is 7.15. The predicted molar refractivity (Wildman–Crippen MR) is 80.5 cm³/mol. The number of hydrogen-bond donors (Lipinski definition) is 1. The number of rotatable bonds is 5. The Labute approximate surface area is 119 Å². The van der Waals surface area contributed by atoms with Crippen molar-refractivity contribution in [1.29, 1.82) is 0 Å². The van der Waals surface area contributed by atoms with E-state index in [9.17, 15) is 0 Å². The van der Waals surface area contributed by atoms with E-state index >= 15 is 0 Å². The van der Waals surface area contributed by atoms with Crippen LogP contribution in [0.1, 0.15) is 44.7 Å². The Kier molecular flexibility index (Phi) is 4.18. The highest BCUT2D eigenvalue weighted by atomic mass is 32.1. The summed E-state index contributed by atoms with van der Waals surface area (Å²) in [6.45, 7) is 4.42. The minimum atomic E-state index is 0.900. The summed E-state index contributed by atoms with van der Waals surface area (Å²) < 4.78 is 2.10. The van der Waals surface area contributed by atoms with Crippen LogP contribution in [0.15, 0.2) is 17.8 Å². The Morgan fingerprint density at radius 3 is 3.00 bits per heavy atom. The third-order valence-electron chi connectivity index (χ3n) is 4.31. The smallest absolute Gasteiger partial charge is 0.193 e. The Hall–Kier alpha value is -0.870. The summed E-state index contributed by atoms with van der Waals surface area (Å²) in [5.74, 6) is 1.91. The molecule has 0 spiro atoms. The zero-order valence-electron chi connectivity index (χ0n) is 11.6. The van der Waals surface area contributed by atoms with Crippen molar-refractivity contribution in [2.45, 2.75) is 45.6 Å². The van der Waals surface area contributed by atoms with Gasteiger partial charge in [-0.05, 0) is 24.8 Å². The average molecular weight is 277 g/mol. The van der Waals surface area contributed by atoms with Crippen molar-refractivity contribution in [2.75, 3.05) is 6.54 Å². The fraction of sp³-hybridized carbons (Fsp3) is 0.667. The number of nitrogens with one attached hydrogen (secondary N) is 1. The molecular formula is C15H23N3S. The molecule has 0 bridgehead atoms. The van der Waals surface area contributed by atoms with Crippen LogP contribution in [0.25, 0.3) is 4.96 Å². The van der Waals surface area contributed by atoms with Crippen LogP contribution in [0.3, 0.4) is 0 Å². The number of nitrogens with zero attached hydrogens (tertiary/aromatic N) is 2. The molecule has 4 heteroatoms. The molecule has 1 N–H and O–H groups in total. The summed E-state index contributed by atoms with van der Waals surface area (Å²) in [6.07, 6.45) is 11.3. The molecule has 2 heterocycles. The van der Waals surface area contributed by atoms with E-state index in [1.54, 1.807) is 11.3 Å². The van der Waals surface area contributed by atoms with Gasteiger partial charge in [0.25, 0.3) is 0 Å². The van der Waals surface area contributed by atoms with Gasteiger partial charge in [-0.15, -0.1) is 11.3 Å². The zero-order valence-corrected chi connectivity index (χ0v) is 12.5. The molecule has 3 rings (SSSR count). The van der Waals surface area contributed by atoms with Crippen molar-refractivity contribution >= 4 is 16.3 Å². The van der Waals surface area contributed by atoms with Gasteiger partial charge in [-0.1, -0.05) is 32.6 Å². The van der Waals surface area contributed by atoms with Crippen molar-refractivity contribution in [2.24, 2.45) is 11.8 Å². The van der Waals surface area contributed by atoms with Crippen LogP contribution in [0.4, 0.5) is 0 Å². The molecule has 0 radical (unpaired) electrons. The summed E-state index contributed by atoms with van der Waals surface area (Å²) >= 11 is 1.69. The average Bonchev–Trinajstić information content (AvgIpc) is 2.97. The van der Waals surface area contributed by atoms with Gasteiger partial charge in [0.1, 0.15) is 0 Å². The van der Waals surface area contributed by atoms with Gasteiger partial charge in [-0.2, -0.15) is 0 Å². The van der Waals surface area contributed by atoms with Crippen LogP contribution >= 0.6 is 11.3 Å². The molecule has 0 atom stereocenters. The van der Waals surface area contributed by atoms with Crippen LogP contribution in [-0.4, -0.2) is 15.9 Å². The van der Waals surface area contributed by atoms with Crippen LogP contribution in [0, 0.1) is 11.8 Å². The largest absolute Gasteiger partial charge is 0.311 e. The van der Waals surface area contributed by atoms with E-state index in [0.717, 1.165) is 35.6 Å². The summed E-state index contributed by atoms with van der Waals surface area (Å²) in [7, 11) is 0. The topological polar surface area (TPSA) is 29.3 Å². The number of fused-ring (bicyclic) bond motifs is 1. The number of thiazole rings is 1. The first-order valence-corrected chi connectivity index (χ1v) is 8.31. The van der Waals surface area contributed by atoms with Gasteiger partial charge >= 0.3 is 0 Å². The minimum absolute atomic E-state index is 0.900. The van der Waals surface area contributed by atoms with Crippen molar-refractivity contribution in [3.8, 4) is 0 Å². The Balaban J connectivity index is 1.38. The summed E-state index contributed by atoms with van der Waals surface area (Å²) in [4.78, 5) is 5.68. The lowest BCUT2D eigenvalue weighted by atomic mass is 9.81.